The van der Waals surface area contributed by atoms with Crippen molar-refractivity contribution in [3.63, 3.8) is 0 Å². The molecule has 0 spiro atoms. The lowest BCUT2D eigenvalue weighted by Crippen LogP contribution is -2.05. The molecule has 5 heteroatoms. The van der Waals surface area contributed by atoms with Crippen LogP contribution >= 0.6 is 0 Å². The van der Waals surface area contributed by atoms with Gasteiger partial charge in [0.25, 0.3) is 0 Å². The van der Waals surface area contributed by atoms with E-state index in [9.17, 15) is 4.79 Å². The van der Waals surface area contributed by atoms with Crippen molar-refractivity contribution in [1.82, 2.24) is 0 Å². The second-order valence-corrected chi connectivity index (χ2v) is 3.98. The monoisotopic (exact) mass is 268 g/mol. The van der Waals surface area contributed by atoms with Crippen molar-refractivity contribution in [3.8, 4) is 17.6 Å². The summed E-state index contributed by atoms with van der Waals surface area (Å²) in [6.07, 6.45) is 0. The van der Waals surface area contributed by atoms with Gasteiger partial charge in [-0.2, -0.15) is 5.26 Å². The average molecular weight is 268 g/mol. The zero-order valence-electron chi connectivity index (χ0n) is 10.8. The minimum Gasteiger partial charge on any atom is -0.465 e. The van der Waals surface area contributed by atoms with Gasteiger partial charge in [-0.25, -0.2) is 4.79 Å². The molecule has 0 radical (unpaired) electrons. The lowest BCUT2D eigenvalue weighted by molar-refractivity contribution is 0.0601. The Kier molecular flexibility index (Phi) is 3.87. The Hall–Kier alpha value is -3.00. The molecule has 0 bridgehead atoms. The van der Waals surface area contributed by atoms with Gasteiger partial charge in [-0.3, -0.25) is 0 Å². The molecule has 20 heavy (non-hydrogen) atoms. The van der Waals surface area contributed by atoms with Crippen LogP contribution in [0, 0.1) is 11.3 Å². The van der Waals surface area contributed by atoms with Crippen molar-refractivity contribution in [2.24, 2.45) is 0 Å². The summed E-state index contributed by atoms with van der Waals surface area (Å²) in [5.41, 5.74) is 6.75. The van der Waals surface area contributed by atoms with E-state index in [-0.39, 0.29) is 5.56 Å². The largest absolute Gasteiger partial charge is 0.465 e. The molecule has 2 aromatic carbocycles. The third-order valence-corrected chi connectivity index (χ3v) is 2.63. The van der Waals surface area contributed by atoms with Gasteiger partial charge in [0, 0.05) is 5.69 Å². The van der Waals surface area contributed by atoms with Gasteiger partial charge in [0.1, 0.15) is 11.5 Å². The van der Waals surface area contributed by atoms with Crippen LogP contribution in [-0.2, 0) is 4.74 Å². The van der Waals surface area contributed by atoms with Crippen molar-refractivity contribution in [1.29, 1.82) is 5.26 Å². The quantitative estimate of drug-likeness (QED) is 0.683. The van der Waals surface area contributed by atoms with Crippen molar-refractivity contribution in [2.75, 3.05) is 12.8 Å². The SMILES string of the molecule is COC(=O)c1cc(Oc2cccc(C#N)c2)ccc1N. The van der Waals surface area contributed by atoms with E-state index in [0.29, 0.717) is 22.7 Å². The highest BCUT2D eigenvalue weighted by Crippen LogP contribution is 2.26. The first-order chi connectivity index (χ1) is 9.63. The van der Waals surface area contributed by atoms with E-state index in [0.717, 1.165) is 0 Å². The Balaban J connectivity index is 2.30. The Morgan fingerprint density at radius 3 is 2.65 bits per heavy atom. The maximum absolute atomic E-state index is 11.5. The summed E-state index contributed by atoms with van der Waals surface area (Å²) >= 11 is 0. The first kappa shape index (κ1) is 13.4. The molecule has 0 atom stereocenters. The van der Waals surface area contributed by atoms with Crippen LogP contribution in [0.3, 0.4) is 0 Å². The van der Waals surface area contributed by atoms with Crippen LogP contribution < -0.4 is 10.5 Å². The zero-order chi connectivity index (χ0) is 14.5. The molecule has 0 saturated carbocycles. The third-order valence-electron chi connectivity index (χ3n) is 2.63. The summed E-state index contributed by atoms with van der Waals surface area (Å²) in [5.74, 6) is 0.415. The first-order valence-corrected chi connectivity index (χ1v) is 5.80. The van der Waals surface area contributed by atoms with E-state index in [1.807, 2.05) is 6.07 Å². The molecule has 100 valence electrons. The predicted molar refractivity (Wildman–Crippen MR) is 73.4 cm³/mol. The highest BCUT2D eigenvalue weighted by molar-refractivity contribution is 5.95. The maximum atomic E-state index is 11.5. The summed E-state index contributed by atoms with van der Waals surface area (Å²) in [4.78, 5) is 11.5. The molecule has 2 rings (SSSR count). The number of methoxy groups -OCH3 is 1. The van der Waals surface area contributed by atoms with Crippen LogP contribution in [-0.4, -0.2) is 13.1 Å². The van der Waals surface area contributed by atoms with Gasteiger partial charge >= 0.3 is 5.97 Å². The van der Waals surface area contributed by atoms with Gasteiger partial charge in [0.15, 0.2) is 0 Å². The van der Waals surface area contributed by atoms with Gasteiger partial charge in [-0.05, 0) is 36.4 Å². The number of nitriles is 1. The summed E-state index contributed by atoms with van der Waals surface area (Å²) in [6.45, 7) is 0. The summed E-state index contributed by atoms with van der Waals surface area (Å²) in [6, 6.07) is 13.4. The van der Waals surface area contributed by atoms with Gasteiger partial charge in [-0.15, -0.1) is 0 Å². The molecule has 5 nitrogen and oxygen atoms in total. The topological polar surface area (TPSA) is 85.3 Å². The van der Waals surface area contributed by atoms with Crippen LogP contribution in [0.1, 0.15) is 15.9 Å². The fourth-order valence-electron chi connectivity index (χ4n) is 1.65. The molecule has 2 N–H and O–H groups in total. The smallest absolute Gasteiger partial charge is 0.340 e. The lowest BCUT2D eigenvalue weighted by Gasteiger charge is -2.09. The van der Waals surface area contributed by atoms with E-state index < -0.39 is 5.97 Å². The van der Waals surface area contributed by atoms with Crippen LogP contribution in [0.4, 0.5) is 5.69 Å². The minimum absolute atomic E-state index is 0.237. The molecule has 2 aromatic rings. The second kappa shape index (κ2) is 5.76. The number of ether oxygens (including phenoxy) is 2. The Morgan fingerprint density at radius 1 is 1.20 bits per heavy atom. The van der Waals surface area contributed by atoms with Crippen LogP contribution in [0.25, 0.3) is 0 Å². The molecule has 0 saturated heterocycles. The number of rotatable bonds is 3. The first-order valence-electron chi connectivity index (χ1n) is 5.80. The van der Waals surface area contributed by atoms with Crippen molar-refractivity contribution < 1.29 is 14.3 Å². The number of hydrogen-bond donors (Lipinski definition) is 1. The van der Waals surface area contributed by atoms with Gasteiger partial charge in [0.2, 0.25) is 0 Å². The van der Waals surface area contributed by atoms with E-state index in [1.165, 1.54) is 13.2 Å². The third kappa shape index (κ3) is 2.87. The predicted octanol–water partition coefficient (Wildman–Crippen LogP) is 2.72. The fourth-order valence-corrected chi connectivity index (χ4v) is 1.65. The van der Waals surface area contributed by atoms with E-state index in [2.05, 4.69) is 4.74 Å². The molecule has 0 aliphatic heterocycles. The normalized spacial score (nSPS) is 9.60. The van der Waals surface area contributed by atoms with Crippen molar-refractivity contribution in [2.45, 2.75) is 0 Å². The Bertz CT molecular complexity index is 690. The number of nitrogens with zero attached hydrogens (tertiary/aromatic N) is 1. The Morgan fingerprint density at radius 2 is 1.95 bits per heavy atom. The molecule has 0 amide bonds. The molecule has 0 aliphatic rings. The number of nitrogen functional groups attached to an aromatic ring is 1. The zero-order valence-corrected chi connectivity index (χ0v) is 10.8. The molecular formula is C15H12N2O3. The van der Waals surface area contributed by atoms with Crippen LogP contribution in [0.2, 0.25) is 0 Å². The number of anilines is 1. The van der Waals surface area contributed by atoms with Crippen molar-refractivity contribution in [3.05, 3.63) is 53.6 Å². The summed E-state index contributed by atoms with van der Waals surface area (Å²) in [7, 11) is 1.28. The summed E-state index contributed by atoms with van der Waals surface area (Å²) < 4.78 is 10.2. The molecular weight excluding hydrogens is 256 g/mol. The van der Waals surface area contributed by atoms with Crippen molar-refractivity contribution >= 4 is 11.7 Å². The van der Waals surface area contributed by atoms with Crippen LogP contribution in [0.15, 0.2) is 42.5 Å². The van der Waals surface area contributed by atoms with Gasteiger partial charge in [-0.1, -0.05) is 6.07 Å². The van der Waals surface area contributed by atoms with E-state index in [4.69, 9.17) is 15.7 Å². The van der Waals surface area contributed by atoms with Gasteiger partial charge in [0.05, 0.1) is 24.3 Å². The molecule has 0 aliphatic carbocycles. The number of carbonyl (C=O) groups is 1. The number of nitrogens with two attached hydrogens (primary N) is 1. The number of hydrogen-bond acceptors (Lipinski definition) is 5. The summed E-state index contributed by atoms with van der Waals surface area (Å²) in [5, 5.41) is 8.83. The lowest BCUT2D eigenvalue weighted by atomic mass is 10.1. The molecule has 0 fully saturated rings. The van der Waals surface area contributed by atoms with E-state index >= 15 is 0 Å². The minimum atomic E-state index is -0.529. The second-order valence-electron chi connectivity index (χ2n) is 3.98. The molecule has 0 aromatic heterocycles. The molecule has 0 unspecified atom stereocenters. The molecule has 0 heterocycles. The highest BCUT2D eigenvalue weighted by Gasteiger charge is 2.11. The highest BCUT2D eigenvalue weighted by atomic mass is 16.5. The number of benzene rings is 2. The van der Waals surface area contributed by atoms with Crippen LogP contribution in [0.5, 0.6) is 11.5 Å². The number of esters is 1. The Labute approximate surface area is 116 Å². The standard InChI is InChI=1S/C15H12N2O3/c1-19-15(18)13-8-12(5-6-14(13)17)20-11-4-2-3-10(7-11)9-16/h2-8H,17H2,1H3. The maximum Gasteiger partial charge on any atom is 0.340 e. The van der Waals surface area contributed by atoms with Gasteiger partial charge < -0.3 is 15.2 Å². The van der Waals surface area contributed by atoms with E-state index in [1.54, 1.807) is 36.4 Å². The number of carbonyl (C=O) groups excluding carboxylic acids is 1. The fraction of sp³-hybridized carbons (Fsp3) is 0.0667. The average Bonchev–Trinajstić information content (AvgIpc) is 2.48.